The van der Waals surface area contributed by atoms with E-state index in [1.807, 2.05) is 6.07 Å². The first kappa shape index (κ1) is 16.3. The van der Waals surface area contributed by atoms with Gasteiger partial charge in [0.05, 0.1) is 6.54 Å². The van der Waals surface area contributed by atoms with Gasteiger partial charge in [-0.15, -0.1) is 0 Å². The normalized spacial score (nSPS) is 12.8. The van der Waals surface area contributed by atoms with Crippen molar-refractivity contribution in [3.8, 4) is 0 Å². The number of Topliss-reactive ketones (excluding diaryl/α,β-unsaturated/α-hetero) is 1. The molecule has 20 heavy (non-hydrogen) atoms. The van der Waals surface area contributed by atoms with Gasteiger partial charge in [-0.05, 0) is 20.8 Å². The van der Waals surface area contributed by atoms with E-state index in [4.69, 9.17) is 10.5 Å². The van der Waals surface area contributed by atoms with Gasteiger partial charge < -0.3 is 10.5 Å². The second kappa shape index (κ2) is 7.17. The molecular weight excluding hydrogens is 256 g/mol. The first-order valence-corrected chi connectivity index (χ1v) is 6.58. The lowest BCUT2D eigenvalue weighted by Gasteiger charge is -2.23. The monoisotopic (exact) mass is 278 g/mol. The van der Waals surface area contributed by atoms with Crippen LogP contribution < -0.4 is 11.1 Å². The molecule has 1 atom stereocenters. The molecule has 0 radical (unpaired) electrons. The van der Waals surface area contributed by atoms with Crippen molar-refractivity contribution in [2.24, 2.45) is 5.73 Å². The molecule has 3 N–H and O–H groups in total. The van der Waals surface area contributed by atoms with Crippen molar-refractivity contribution >= 4 is 11.8 Å². The van der Waals surface area contributed by atoms with Crippen LogP contribution in [0.4, 0.5) is 0 Å². The van der Waals surface area contributed by atoms with Crippen molar-refractivity contribution in [2.75, 3.05) is 13.1 Å². The van der Waals surface area contributed by atoms with Crippen LogP contribution in [0.15, 0.2) is 30.3 Å². The van der Waals surface area contributed by atoms with Crippen LogP contribution >= 0.6 is 0 Å². The molecule has 0 unspecified atom stereocenters. The van der Waals surface area contributed by atoms with Crippen molar-refractivity contribution in [3.05, 3.63) is 35.9 Å². The molecule has 0 bridgehead atoms. The van der Waals surface area contributed by atoms with Gasteiger partial charge >= 0.3 is 5.97 Å². The molecule has 0 heterocycles. The maximum absolute atomic E-state index is 11.9. The maximum atomic E-state index is 11.9. The summed E-state index contributed by atoms with van der Waals surface area (Å²) in [5.41, 5.74) is 5.57. The molecule has 1 rings (SSSR count). The molecule has 0 spiro atoms. The van der Waals surface area contributed by atoms with E-state index in [9.17, 15) is 9.59 Å². The number of ketones is 1. The Morgan fingerprint density at radius 3 is 2.35 bits per heavy atom. The predicted molar refractivity (Wildman–Crippen MR) is 77.5 cm³/mol. The van der Waals surface area contributed by atoms with Gasteiger partial charge in [-0.2, -0.15) is 0 Å². The number of hydrogen-bond donors (Lipinski definition) is 2. The summed E-state index contributed by atoms with van der Waals surface area (Å²) < 4.78 is 5.24. The summed E-state index contributed by atoms with van der Waals surface area (Å²) in [6.07, 6.45) is 0. The van der Waals surface area contributed by atoms with Gasteiger partial charge in [0.2, 0.25) is 0 Å². The minimum Gasteiger partial charge on any atom is -0.459 e. The van der Waals surface area contributed by atoms with Crippen LogP contribution in [-0.2, 0) is 9.53 Å². The summed E-state index contributed by atoms with van der Waals surface area (Å²) in [5, 5.41) is 2.84. The van der Waals surface area contributed by atoms with E-state index in [1.54, 1.807) is 45.0 Å². The largest absolute Gasteiger partial charge is 0.459 e. The van der Waals surface area contributed by atoms with Crippen molar-refractivity contribution in [1.82, 2.24) is 5.32 Å². The zero-order valence-corrected chi connectivity index (χ0v) is 12.2. The highest BCUT2D eigenvalue weighted by atomic mass is 16.6. The standard InChI is InChI=1S/C15H22N2O3/c1-15(2,3)20-14(19)12(9-16)17-10-13(18)11-7-5-4-6-8-11/h4-8,12,17H,9-10,16H2,1-3H3/t12-/m0/s1. The second-order valence-electron chi connectivity index (χ2n) is 5.49. The Morgan fingerprint density at radius 1 is 1.25 bits per heavy atom. The molecular formula is C15H22N2O3. The molecule has 110 valence electrons. The third-order valence-corrected chi connectivity index (χ3v) is 2.53. The van der Waals surface area contributed by atoms with Crippen molar-refractivity contribution < 1.29 is 14.3 Å². The van der Waals surface area contributed by atoms with Crippen LogP contribution in [0.5, 0.6) is 0 Å². The van der Waals surface area contributed by atoms with Gasteiger partial charge in [0.25, 0.3) is 0 Å². The van der Waals surface area contributed by atoms with Crippen LogP contribution in [0.25, 0.3) is 0 Å². The summed E-state index contributed by atoms with van der Waals surface area (Å²) in [4.78, 5) is 23.8. The van der Waals surface area contributed by atoms with Crippen LogP contribution in [-0.4, -0.2) is 36.5 Å². The van der Waals surface area contributed by atoms with Gasteiger partial charge in [0, 0.05) is 12.1 Å². The maximum Gasteiger partial charge on any atom is 0.324 e. The van der Waals surface area contributed by atoms with E-state index in [2.05, 4.69) is 5.32 Å². The Labute approximate surface area is 119 Å². The Morgan fingerprint density at radius 2 is 1.85 bits per heavy atom. The summed E-state index contributed by atoms with van der Waals surface area (Å²) in [6.45, 7) is 5.48. The third kappa shape index (κ3) is 5.50. The number of hydrogen-bond acceptors (Lipinski definition) is 5. The first-order chi connectivity index (χ1) is 9.33. The molecule has 0 aliphatic carbocycles. The highest BCUT2D eigenvalue weighted by Crippen LogP contribution is 2.08. The third-order valence-electron chi connectivity index (χ3n) is 2.53. The molecule has 5 heteroatoms. The van der Waals surface area contributed by atoms with Gasteiger partial charge in [-0.1, -0.05) is 30.3 Å². The summed E-state index contributed by atoms with van der Waals surface area (Å²) in [6, 6.07) is 8.21. The smallest absolute Gasteiger partial charge is 0.324 e. The number of esters is 1. The van der Waals surface area contributed by atoms with E-state index >= 15 is 0 Å². The van der Waals surface area contributed by atoms with Crippen molar-refractivity contribution in [3.63, 3.8) is 0 Å². The van der Waals surface area contributed by atoms with Gasteiger partial charge in [0.15, 0.2) is 5.78 Å². The summed E-state index contributed by atoms with van der Waals surface area (Å²) >= 11 is 0. The molecule has 1 aromatic carbocycles. The van der Waals surface area contributed by atoms with Crippen LogP contribution in [0.1, 0.15) is 31.1 Å². The quantitative estimate of drug-likeness (QED) is 0.602. The van der Waals surface area contributed by atoms with E-state index in [0.29, 0.717) is 5.56 Å². The topological polar surface area (TPSA) is 81.4 Å². The van der Waals surface area contributed by atoms with Gasteiger partial charge in [-0.3, -0.25) is 14.9 Å². The highest BCUT2D eigenvalue weighted by Gasteiger charge is 2.24. The highest BCUT2D eigenvalue weighted by molar-refractivity contribution is 5.97. The van der Waals surface area contributed by atoms with E-state index in [1.165, 1.54) is 0 Å². The van der Waals surface area contributed by atoms with E-state index in [0.717, 1.165) is 0 Å². The van der Waals surface area contributed by atoms with Crippen molar-refractivity contribution in [1.29, 1.82) is 0 Å². The number of nitrogens with one attached hydrogen (secondary N) is 1. The molecule has 0 amide bonds. The SMILES string of the molecule is CC(C)(C)OC(=O)[C@H](CN)NCC(=O)c1ccccc1. The lowest BCUT2D eigenvalue weighted by Crippen LogP contribution is -2.47. The minimum absolute atomic E-state index is 0.0467. The Balaban J connectivity index is 2.53. The molecule has 0 aliphatic heterocycles. The zero-order valence-electron chi connectivity index (χ0n) is 12.2. The molecule has 0 fully saturated rings. The summed E-state index contributed by atoms with van der Waals surface area (Å²) in [7, 11) is 0. The van der Waals surface area contributed by atoms with E-state index in [-0.39, 0.29) is 18.9 Å². The number of benzene rings is 1. The number of carbonyl (C=O) groups is 2. The fourth-order valence-electron chi connectivity index (χ4n) is 1.58. The lowest BCUT2D eigenvalue weighted by molar-refractivity contribution is -0.157. The number of rotatable bonds is 6. The zero-order chi connectivity index (χ0) is 15.2. The van der Waals surface area contributed by atoms with Crippen LogP contribution in [0.2, 0.25) is 0 Å². The lowest BCUT2D eigenvalue weighted by atomic mass is 10.1. The Kier molecular flexibility index (Phi) is 5.85. The van der Waals surface area contributed by atoms with Crippen LogP contribution in [0.3, 0.4) is 0 Å². The average molecular weight is 278 g/mol. The molecule has 1 aromatic rings. The number of ether oxygens (including phenoxy) is 1. The number of carbonyl (C=O) groups excluding carboxylic acids is 2. The number of nitrogens with two attached hydrogens (primary N) is 1. The van der Waals surface area contributed by atoms with Crippen LogP contribution in [0, 0.1) is 0 Å². The fraction of sp³-hybridized carbons (Fsp3) is 0.467. The van der Waals surface area contributed by atoms with E-state index < -0.39 is 17.6 Å². The van der Waals surface area contributed by atoms with Gasteiger partial charge in [0.1, 0.15) is 11.6 Å². The predicted octanol–water partition coefficient (Wildman–Crippen LogP) is 1.13. The minimum atomic E-state index is -0.679. The molecule has 0 saturated carbocycles. The summed E-state index contributed by atoms with van der Waals surface area (Å²) in [5.74, 6) is -0.534. The Hall–Kier alpha value is -1.72. The molecule has 0 saturated heterocycles. The second-order valence-corrected chi connectivity index (χ2v) is 5.49. The van der Waals surface area contributed by atoms with Gasteiger partial charge in [-0.25, -0.2) is 0 Å². The molecule has 5 nitrogen and oxygen atoms in total. The average Bonchev–Trinajstić information content (AvgIpc) is 2.38. The Bertz CT molecular complexity index is 452. The molecule has 0 aromatic heterocycles. The van der Waals surface area contributed by atoms with Crippen molar-refractivity contribution in [2.45, 2.75) is 32.4 Å². The molecule has 0 aliphatic rings. The first-order valence-electron chi connectivity index (χ1n) is 6.58. The fourth-order valence-corrected chi connectivity index (χ4v) is 1.58.